The van der Waals surface area contributed by atoms with E-state index < -0.39 is 0 Å². The molecule has 6 heteroatoms. The average Bonchev–Trinajstić information content (AvgIpc) is 2.44. The second-order valence-electron chi connectivity index (χ2n) is 6.18. The zero-order valence-electron chi connectivity index (χ0n) is 13.4. The number of hydrogen-bond donors (Lipinski definition) is 2. The molecule has 124 valence electrons. The summed E-state index contributed by atoms with van der Waals surface area (Å²) < 4.78 is 0. The van der Waals surface area contributed by atoms with E-state index in [4.69, 9.17) is 5.73 Å². The van der Waals surface area contributed by atoms with Crippen molar-refractivity contribution >= 4 is 24.2 Å². The quantitative estimate of drug-likeness (QED) is 0.777. The van der Waals surface area contributed by atoms with E-state index in [0.717, 1.165) is 19.4 Å². The summed E-state index contributed by atoms with van der Waals surface area (Å²) >= 11 is 0. The Bertz CT molecular complexity index is 337. The van der Waals surface area contributed by atoms with Gasteiger partial charge in [0.05, 0.1) is 5.92 Å². The number of nitrogens with two attached hydrogens (primary N) is 1. The topological polar surface area (TPSA) is 75.4 Å². The van der Waals surface area contributed by atoms with E-state index in [-0.39, 0.29) is 30.1 Å². The second-order valence-corrected chi connectivity index (χ2v) is 6.18. The van der Waals surface area contributed by atoms with Crippen molar-refractivity contribution in [2.24, 2.45) is 23.5 Å². The molecule has 2 amide bonds. The third kappa shape index (κ3) is 6.66. The minimum atomic E-state index is -0.0754. The molecule has 0 aromatic rings. The van der Waals surface area contributed by atoms with Crippen LogP contribution in [0, 0.1) is 17.8 Å². The maximum atomic E-state index is 12.3. The number of likely N-dealkylation sites (tertiary alicyclic amines) is 1. The molecular weight excluding hydrogens is 290 g/mol. The number of carbonyl (C=O) groups is 2. The molecule has 0 radical (unpaired) electrons. The largest absolute Gasteiger partial charge is 0.355 e. The van der Waals surface area contributed by atoms with E-state index in [1.165, 1.54) is 0 Å². The van der Waals surface area contributed by atoms with E-state index >= 15 is 0 Å². The lowest BCUT2D eigenvalue weighted by Gasteiger charge is -2.33. The van der Waals surface area contributed by atoms with Crippen molar-refractivity contribution in [2.45, 2.75) is 40.0 Å². The molecule has 0 bridgehead atoms. The van der Waals surface area contributed by atoms with Crippen LogP contribution in [0.25, 0.3) is 0 Å². The van der Waals surface area contributed by atoms with Crippen LogP contribution in [-0.4, -0.2) is 42.9 Å². The minimum absolute atomic E-state index is 0. The van der Waals surface area contributed by atoms with Crippen LogP contribution in [0.5, 0.6) is 0 Å². The summed E-state index contributed by atoms with van der Waals surface area (Å²) in [5, 5.41) is 2.82. The van der Waals surface area contributed by atoms with Gasteiger partial charge >= 0.3 is 0 Å². The van der Waals surface area contributed by atoms with Gasteiger partial charge in [-0.2, -0.15) is 0 Å². The van der Waals surface area contributed by atoms with Gasteiger partial charge in [0.2, 0.25) is 11.8 Å². The number of rotatable bonds is 6. The van der Waals surface area contributed by atoms with Gasteiger partial charge < -0.3 is 16.0 Å². The SMILES string of the molecule is CC(C)C(C)CC(=O)N1CCCC(C(=O)NCCN)C1.Cl. The van der Waals surface area contributed by atoms with Gasteiger partial charge in [-0.15, -0.1) is 12.4 Å². The fraction of sp³-hybridized carbons (Fsp3) is 0.867. The number of carbonyl (C=O) groups excluding carboxylic acids is 2. The van der Waals surface area contributed by atoms with Crippen LogP contribution < -0.4 is 11.1 Å². The molecule has 0 aliphatic carbocycles. The summed E-state index contributed by atoms with van der Waals surface area (Å²) in [4.78, 5) is 26.1. The summed E-state index contributed by atoms with van der Waals surface area (Å²) in [5.41, 5.74) is 5.39. The third-order valence-electron chi connectivity index (χ3n) is 4.22. The van der Waals surface area contributed by atoms with Gasteiger partial charge in [-0.1, -0.05) is 20.8 Å². The smallest absolute Gasteiger partial charge is 0.224 e. The van der Waals surface area contributed by atoms with Gasteiger partial charge in [-0.05, 0) is 24.7 Å². The zero-order chi connectivity index (χ0) is 15.1. The number of piperidine rings is 1. The number of nitrogens with one attached hydrogen (secondary N) is 1. The molecule has 1 aliphatic heterocycles. The third-order valence-corrected chi connectivity index (χ3v) is 4.22. The molecule has 1 fully saturated rings. The van der Waals surface area contributed by atoms with Crippen LogP contribution in [0.15, 0.2) is 0 Å². The van der Waals surface area contributed by atoms with Gasteiger partial charge in [-0.25, -0.2) is 0 Å². The van der Waals surface area contributed by atoms with Crippen LogP contribution in [0.3, 0.4) is 0 Å². The summed E-state index contributed by atoms with van der Waals surface area (Å²) in [6.45, 7) is 8.68. The first-order valence-corrected chi connectivity index (χ1v) is 7.71. The fourth-order valence-corrected chi connectivity index (χ4v) is 2.40. The Hall–Kier alpha value is -0.810. The molecule has 2 atom stereocenters. The number of amides is 2. The fourth-order valence-electron chi connectivity index (χ4n) is 2.40. The van der Waals surface area contributed by atoms with Crippen LogP contribution in [0.1, 0.15) is 40.0 Å². The molecule has 0 spiro atoms. The van der Waals surface area contributed by atoms with Gasteiger partial charge in [0.25, 0.3) is 0 Å². The Labute approximate surface area is 134 Å². The highest BCUT2D eigenvalue weighted by Gasteiger charge is 2.28. The predicted octanol–water partition coefficient (Wildman–Crippen LogP) is 1.40. The lowest BCUT2D eigenvalue weighted by molar-refractivity contribution is -0.136. The molecule has 3 N–H and O–H groups in total. The monoisotopic (exact) mass is 319 g/mol. The normalized spacial score (nSPS) is 19.9. The molecule has 2 unspecified atom stereocenters. The van der Waals surface area contributed by atoms with E-state index in [0.29, 0.717) is 37.9 Å². The summed E-state index contributed by atoms with van der Waals surface area (Å²) in [6.07, 6.45) is 2.34. The van der Waals surface area contributed by atoms with Crippen molar-refractivity contribution in [3.05, 3.63) is 0 Å². The van der Waals surface area contributed by atoms with Crippen LogP contribution in [0.2, 0.25) is 0 Å². The van der Waals surface area contributed by atoms with Crippen molar-refractivity contribution in [2.75, 3.05) is 26.2 Å². The maximum Gasteiger partial charge on any atom is 0.224 e. The first-order valence-electron chi connectivity index (χ1n) is 7.71. The molecule has 1 aliphatic rings. The van der Waals surface area contributed by atoms with E-state index in [1.54, 1.807) is 0 Å². The standard InChI is InChI=1S/C15H29N3O2.ClH/c1-11(2)12(3)9-14(19)18-8-4-5-13(10-18)15(20)17-7-6-16;/h11-13H,4-10,16H2,1-3H3,(H,17,20);1H. The summed E-state index contributed by atoms with van der Waals surface area (Å²) in [6, 6.07) is 0. The van der Waals surface area contributed by atoms with Crippen molar-refractivity contribution in [3.63, 3.8) is 0 Å². The van der Waals surface area contributed by atoms with E-state index in [1.807, 2.05) is 4.90 Å². The molecule has 0 aromatic heterocycles. The molecule has 0 aromatic carbocycles. The lowest BCUT2D eigenvalue weighted by atomic mass is 9.92. The Morgan fingerprint density at radius 1 is 1.33 bits per heavy atom. The highest BCUT2D eigenvalue weighted by Crippen LogP contribution is 2.20. The van der Waals surface area contributed by atoms with Gasteiger partial charge in [0.15, 0.2) is 0 Å². The summed E-state index contributed by atoms with van der Waals surface area (Å²) in [5.74, 6) is 1.03. The Morgan fingerprint density at radius 3 is 2.57 bits per heavy atom. The summed E-state index contributed by atoms with van der Waals surface area (Å²) in [7, 11) is 0. The molecule has 1 rings (SSSR count). The average molecular weight is 320 g/mol. The highest BCUT2D eigenvalue weighted by molar-refractivity contribution is 5.85. The van der Waals surface area contributed by atoms with Crippen molar-refractivity contribution < 1.29 is 9.59 Å². The van der Waals surface area contributed by atoms with E-state index in [2.05, 4.69) is 26.1 Å². The number of nitrogens with zero attached hydrogens (tertiary/aromatic N) is 1. The van der Waals surface area contributed by atoms with Crippen molar-refractivity contribution in [1.82, 2.24) is 10.2 Å². The Morgan fingerprint density at radius 2 is 2.00 bits per heavy atom. The number of halogens is 1. The maximum absolute atomic E-state index is 12.3. The van der Waals surface area contributed by atoms with Gasteiger partial charge in [-0.3, -0.25) is 9.59 Å². The van der Waals surface area contributed by atoms with Crippen molar-refractivity contribution in [1.29, 1.82) is 0 Å². The van der Waals surface area contributed by atoms with Crippen LogP contribution in [0.4, 0.5) is 0 Å². The number of hydrogen-bond acceptors (Lipinski definition) is 3. The molecule has 1 saturated heterocycles. The zero-order valence-corrected chi connectivity index (χ0v) is 14.2. The lowest BCUT2D eigenvalue weighted by Crippen LogP contribution is -2.46. The van der Waals surface area contributed by atoms with E-state index in [9.17, 15) is 9.59 Å². The molecule has 21 heavy (non-hydrogen) atoms. The van der Waals surface area contributed by atoms with Crippen LogP contribution >= 0.6 is 12.4 Å². The van der Waals surface area contributed by atoms with Crippen LogP contribution in [-0.2, 0) is 9.59 Å². The Kier molecular flexibility index (Phi) is 9.62. The molecule has 0 saturated carbocycles. The highest BCUT2D eigenvalue weighted by atomic mass is 35.5. The second kappa shape index (κ2) is 10.0. The molecule has 5 nitrogen and oxygen atoms in total. The van der Waals surface area contributed by atoms with Crippen molar-refractivity contribution in [3.8, 4) is 0 Å². The molecule has 1 heterocycles. The predicted molar refractivity (Wildman–Crippen MR) is 87.2 cm³/mol. The first kappa shape index (κ1) is 20.2. The molecular formula is C15H30ClN3O2. The minimum Gasteiger partial charge on any atom is -0.355 e. The van der Waals surface area contributed by atoms with Gasteiger partial charge in [0, 0.05) is 32.6 Å². The Balaban J connectivity index is 0.00000400. The first-order chi connectivity index (χ1) is 9.45. The van der Waals surface area contributed by atoms with Gasteiger partial charge in [0.1, 0.15) is 0 Å².